The Morgan fingerprint density at radius 1 is 0.569 bits per heavy atom. The number of nitrogens with two attached hydrogens (primary N) is 1. The average Bonchev–Trinajstić information content (AvgIpc) is 4.00. The zero-order valence-electron chi connectivity index (χ0n) is 36.2. The van der Waals surface area contributed by atoms with E-state index in [1.54, 1.807) is 36.4 Å². The third-order valence-corrected chi connectivity index (χ3v) is 12.6. The van der Waals surface area contributed by atoms with Gasteiger partial charge in [0.05, 0.1) is 35.9 Å². The summed E-state index contributed by atoms with van der Waals surface area (Å²) in [5, 5.41) is 36.9. The van der Waals surface area contributed by atoms with Crippen LogP contribution >= 0.6 is 0 Å². The molecule has 0 radical (unpaired) electrons. The molecule has 18 heteroatoms. The molecular formula is C47H55N11O6S. The summed E-state index contributed by atoms with van der Waals surface area (Å²) in [6, 6.07) is 33.7. The van der Waals surface area contributed by atoms with Crippen LogP contribution in [0.1, 0.15) is 79.3 Å². The second kappa shape index (κ2) is 22.3. The summed E-state index contributed by atoms with van der Waals surface area (Å²) in [6.45, 7) is 8.01. The number of carbonyl (C=O) groups is 3. The van der Waals surface area contributed by atoms with E-state index < -0.39 is 16.0 Å². The fourth-order valence-electron chi connectivity index (χ4n) is 7.85. The molecule has 0 saturated carbocycles. The van der Waals surface area contributed by atoms with Crippen LogP contribution < -0.4 is 15.8 Å². The predicted molar refractivity (Wildman–Crippen MR) is 243 cm³/mol. The highest BCUT2D eigenvalue weighted by Gasteiger charge is 2.22. The number of sulfonamides is 1. The Hall–Kier alpha value is -6.60. The van der Waals surface area contributed by atoms with Crippen LogP contribution in [0.5, 0.6) is 0 Å². The quantitative estimate of drug-likeness (QED) is 0.107. The first-order valence-corrected chi connectivity index (χ1v) is 23.3. The molecule has 65 heavy (non-hydrogen) atoms. The van der Waals surface area contributed by atoms with Gasteiger partial charge in [0, 0.05) is 26.2 Å². The Bertz CT molecular complexity index is 2570. The van der Waals surface area contributed by atoms with E-state index >= 15 is 0 Å². The number of rotatable bonds is 16. The Morgan fingerprint density at radius 2 is 0.954 bits per heavy atom. The van der Waals surface area contributed by atoms with Crippen molar-refractivity contribution < 1.29 is 27.9 Å². The van der Waals surface area contributed by atoms with Crippen molar-refractivity contribution in [2.24, 2.45) is 17.0 Å². The van der Waals surface area contributed by atoms with Gasteiger partial charge in [-0.2, -0.15) is 19.8 Å². The number of nitrogens with zero attached hydrogens (tertiary/aromatic N) is 8. The third kappa shape index (κ3) is 14.2. The molecule has 2 saturated heterocycles. The number of carboxylic acids is 1. The largest absolute Gasteiger partial charge is 0.478 e. The maximum absolute atomic E-state index is 12.5. The van der Waals surface area contributed by atoms with Crippen molar-refractivity contribution in [2.75, 3.05) is 39.3 Å². The van der Waals surface area contributed by atoms with E-state index in [1.165, 1.54) is 45.2 Å². The molecule has 0 unspecified atom stereocenters. The number of piperidine rings is 2. The molecule has 2 aliphatic rings. The minimum atomic E-state index is -3.73. The summed E-state index contributed by atoms with van der Waals surface area (Å²) >= 11 is 0. The number of benzene rings is 4. The van der Waals surface area contributed by atoms with Crippen LogP contribution in [0.15, 0.2) is 126 Å². The Morgan fingerprint density at radius 3 is 1.34 bits per heavy atom. The molecule has 8 rings (SSSR count). The molecule has 4 aromatic carbocycles. The number of hydrogen-bond acceptors (Lipinski definition) is 11. The molecule has 2 aromatic heterocycles. The van der Waals surface area contributed by atoms with E-state index in [2.05, 4.69) is 89.4 Å². The molecule has 2 amide bonds. The summed E-state index contributed by atoms with van der Waals surface area (Å²) in [6.07, 6.45) is 7.13. The normalized spacial score (nSPS) is 15.2. The van der Waals surface area contributed by atoms with Gasteiger partial charge in [-0.1, -0.05) is 84.9 Å². The molecule has 0 bridgehead atoms. The number of aromatic carboxylic acids is 1. The Labute approximate surface area is 378 Å². The van der Waals surface area contributed by atoms with Crippen LogP contribution in [0.4, 0.5) is 0 Å². The molecule has 0 aliphatic carbocycles. The van der Waals surface area contributed by atoms with Crippen LogP contribution in [-0.2, 0) is 36.2 Å². The van der Waals surface area contributed by atoms with Gasteiger partial charge in [0.1, 0.15) is 0 Å². The molecule has 2 aliphatic heterocycles. The van der Waals surface area contributed by atoms with Crippen LogP contribution in [0.3, 0.4) is 0 Å². The Kier molecular flexibility index (Phi) is 15.9. The van der Waals surface area contributed by atoms with E-state index in [9.17, 15) is 22.8 Å². The number of carboxylic acid groups (broad SMARTS) is 1. The van der Waals surface area contributed by atoms with Gasteiger partial charge >= 0.3 is 5.97 Å². The highest BCUT2D eigenvalue weighted by atomic mass is 32.2. The SMILES string of the molecule is NS(=O)(=O)c1ccc(Cn2ncc(C(=O)NCC3CCN(Cc4ccccc4)CC3)n2)cc1.O=C(O)c1ccc(Cn2ncc(C(=O)NCC3CCN(Cc4ccccc4)CC3)n2)cc1. The van der Waals surface area contributed by atoms with Gasteiger partial charge in [-0.3, -0.25) is 19.4 Å². The monoisotopic (exact) mass is 901 g/mol. The van der Waals surface area contributed by atoms with E-state index in [0.29, 0.717) is 38.0 Å². The molecule has 0 atom stereocenters. The van der Waals surface area contributed by atoms with Gasteiger partial charge in [-0.05, 0) is 110 Å². The van der Waals surface area contributed by atoms with Crippen molar-refractivity contribution in [1.82, 2.24) is 50.4 Å². The van der Waals surface area contributed by atoms with Crippen molar-refractivity contribution in [3.8, 4) is 0 Å². The molecular weight excluding hydrogens is 847 g/mol. The van der Waals surface area contributed by atoms with Gasteiger partial charge in [0.2, 0.25) is 10.0 Å². The summed E-state index contributed by atoms with van der Waals surface area (Å²) < 4.78 is 22.7. The smallest absolute Gasteiger partial charge is 0.335 e. The summed E-state index contributed by atoms with van der Waals surface area (Å²) in [5.41, 5.74) is 5.10. The number of aromatic nitrogens is 6. The summed E-state index contributed by atoms with van der Waals surface area (Å²) in [7, 11) is -3.73. The zero-order chi connectivity index (χ0) is 45.6. The highest BCUT2D eigenvalue weighted by Crippen LogP contribution is 2.20. The van der Waals surface area contributed by atoms with E-state index in [-0.39, 0.29) is 33.7 Å². The highest BCUT2D eigenvalue weighted by molar-refractivity contribution is 7.89. The third-order valence-electron chi connectivity index (χ3n) is 11.7. The number of likely N-dealkylation sites (tertiary alicyclic amines) is 2. The molecule has 0 spiro atoms. The van der Waals surface area contributed by atoms with E-state index in [0.717, 1.165) is 76.1 Å². The first kappa shape index (κ1) is 46.4. The number of amides is 2. The minimum Gasteiger partial charge on any atom is -0.478 e. The topological polar surface area (TPSA) is 224 Å². The van der Waals surface area contributed by atoms with Gasteiger partial charge in [-0.15, -0.1) is 10.2 Å². The van der Waals surface area contributed by atoms with Gasteiger partial charge in [-0.25, -0.2) is 18.4 Å². The minimum absolute atomic E-state index is 0.0469. The van der Waals surface area contributed by atoms with E-state index in [4.69, 9.17) is 10.2 Å². The predicted octanol–water partition coefficient (Wildman–Crippen LogP) is 4.28. The molecule has 6 aromatic rings. The number of hydrogen-bond donors (Lipinski definition) is 4. The number of carbonyl (C=O) groups excluding carboxylic acids is 2. The lowest BCUT2D eigenvalue weighted by Crippen LogP contribution is -2.38. The number of nitrogens with one attached hydrogen (secondary N) is 2. The van der Waals surface area contributed by atoms with E-state index in [1.807, 2.05) is 12.1 Å². The van der Waals surface area contributed by atoms with Crippen LogP contribution in [0.2, 0.25) is 0 Å². The fourth-order valence-corrected chi connectivity index (χ4v) is 8.37. The standard InChI is InChI=1S/C24H27N5O3.C23H28N6O3S/c30-23(22-15-26-29(27-22)17-20-6-8-21(9-7-20)24(31)32)25-14-18-10-12-28(13-11-18)16-19-4-2-1-3-5-19;24-33(31,32)21-8-6-20(7-9-21)17-29-26-15-22(27-29)23(30)25-14-18-10-12-28(13-11-18)16-19-4-2-1-3-5-19/h1-9,15,18H,10-14,16-17H2,(H,25,30)(H,31,32);1-9,15,18H,10-14,16-17H2,(H,25,30)(H2,24,31,32). The molecule has 17 nitrogen and oxygen atoms in total. The molecule has 4 heterocycles. The summed E-state index contributed by atoms with van der Waals surface area (Å²) in [5.74, 6) is -0.501. The number of primary sulfonamides is 1. The molecule has 2 fully saturated rings. The maximum atomic E-state index is 12.5. The lowest BCUT2D eigenvalue weighted by Gasteiger charge is -2.32. The lowest BCUT2D eigenvalue weighted by molar-refractivity contribution is 0.0696. The second-order valence-corrected chi connectivity index (χ2v) is 18.1. The van der Waals surface area contributed by atoms with Gasteiger partial charge in [0.15, 0.2) is 11.4 Å². The first-order chi connectivity index (χ1) is 31.4. The lowest BCUT2D eigenvalue weighted by atomic mass is 9.96. The van der Waals surface area contributed by atoms with Gasteiger partial charge < -0.3 is 15.7 Å². The molecule has 340 valence electrons. The van der Waals surface area contributed by atoms with Crippen molar-refractivity contribution in [3.05, 3.63) is 161 Å². The van der Waals surface area contributed by atoms with Crippen molar-refractivity contribution >= 4 is 27.8 Å². The van der Waals surface area contributed by atoms with Crippen molar-refractivity contribution in [2.45, 2.75) is 56.8 Å². The Balaban J connectivity index is 0.000000194. The zero-order valence-corrected chi connectivity index (χ0v) is 37.0. The fraction of sp³-hybridized carbons (Fsp3) is 0.340. The van der Waals surface area contributed by atoms with Crippen LogP contribution in [0, 0.1) is 11.8 Å². The summed E-state index contributed by atoms with van der Waals surface area (Å²) in [4.78, 5) is 43.7. The van der Waals surface area contributed by atoms with Crippen molar-refractivity contribution in [1.29, 1.82) is 0 Å². The molecule has 5 N–H and O–H groups in total. The first-order valence-electron chi connectivity index (χ1n) is 21.8. The van der Waals surface area contributed by atoms with Gasteiger partial charge in [0.25, 0.3) is 11.8 Å². The van der Waals surface area contributed by atoms with Crippen molar-refractivity contribution in [3.63, 3.8) is 0 Å². The second-order valence-electron chi connectivity index (χ2n) is 16.5. The average molecular weight is 902 g/mol. The van der Waals surface area contributed by atoms with Crippen LogP contribution in [-0.4, -0.2) is 110 Å². The van der Waals surface area contributed by atoms with Crippen LogP contribution in [0.25, 0.3) is 0 Å². The maximum Gasteiger partial charge on any atom is 0.335 e.